The van der Waals surface area contributed by atoms with Crippen LogP contribution >= 0.6 is 11.6 Å². The molecule has 1 aromatic rings. The number of benzene rings is 1. The average molecular weight is 191 g/mol. The number of rotatable bonds is 1. The van der Waals surface area contributed by atoms with Gasteiger partial charge in [-0.3, -0.25) is 0 Å². The van der Waals surface area contributed by atoms with E-state index in [4.69, 9.17) is 18.0 Å². The number of hydrogen-bond acceptors (Lipinski definition) is 0. The van der Waals surface area contributed by atoms with E-state index in [9.17, 15) is 0 Å². The second-order valence-corrected chi connectivity index (χ2v) is 3.53. The predicted octanol–water partition coefficient (Wildman–Crippen LogP) is 3.74. The van der Waals surface area contributed by atoms with Gasteiger partial charge in [-0.2, -0.15) is 0 Å². The molecule has 0 fully saturated rings. The van der Waals surface area contributed by atoms with Crippen molar-refractivity contribution in [1.82, 2.24) is 0 Å². The summed E-state index contributed by atoms with van der Waals surface area (Å²) in [6.07, 6.45) is 7.40. The van der Waals surface area contributed by atoms with Crippen LogP contribution in [0.4, 0.5) is 0 Å². The van der Waals surface area contributed by atoms with Crippen LogP contribution < -0.4 is 0 Å². The highest BCUT2D eigenvalue weighted by atomic mass is 35.5. The molecule has 0 atom stereocenters. The van der Waals surface area contributed by atoms with Crippen molar-refractivity contribution in [3.05, 3.63) is 39.9 Å². The van der Waals surface area contributed by atoms with Gasteiger partial charge in [0.1, 0.15) is 0 Å². The monoisotopic (exact) mass is 190 g/mol. The lowest BCUT2D eigenvalue weighted by Crippen LogP contribution is -1.82. The summed E-state index contributed by atoms with van der Waals surface area (Å²) in [5.74, 6) is 2.61. The van der Waals surface area contributed by atoms with E-state index in [2.05, 4.69) is 5.92 Å². The fraction of sp³-hybridized carbons (Fsp3) is 0.167. The van der Waals surface area contributed by atoms with Gasteiger partial charge in [-0.1, -0.05) is 35.2 Å². The Kier molecular flexibility index (Phi) is 3.17. The van der Waals surface area contributed by atoms with Crippen molar-refractivity contribution in [3.63, 3.8) is 0 Å². The van der Waals surface area contributed by atoms with Crippen LogP contribution in [0.3, 0.4) is 0 Å². The van der Waals surface area contributed by atoms with Gasteiger partial charge in [-0.15, -0.1) is 6.42 Å². The van der Waals surface area contributed by atoms with E-state index in [0.29, 0.717) is 5.02 Å². The first kappa shape index (κ1) is 9.89. The third-order valence-corrected chi connectivity index (χ3v) is 1.85. The molecule has 13 heavy (non-hydrogen) atoms. The zero-order valence-corrected chi connectivity index (χ0v) is 8.52. The van der Waals surface area contributed by atoms with Crippen molar-refractivity contribution in [2.45, 2.75) is 13.8 Å². The molecule has 0 nitrogen and oxygen atoms in total. The molecule has 0 N–H and O–H groups in total. The van der Waals surface area contributed by atoms with Crippen LogP contribution in [0.15, 0.2) is 23.8 Å². The van der Waals surface area contributed by atoms with Crippen molar-refractivity contribution in [2.75, 3.05) is 0 Å². The molecule has 0 amide bonds. The summed E-state index contributed by atoms with van der Waals surface area (Å²) >= 11 is 5.82. The summed E-state index contributed by atoms with van der Waals surface area (Å²) in [6.45, 7) is 4.07. The summed E-state index contributed by atoms with van der Waals surface area (Å²) in [4.78, 5) is 0. The highest BCUT2D eigenvalue weighted by molar-refractivity contribution is 6.30. The highest BCUT2D eigenvalue weighted by Gasteiger charge is 1.97. The first-order valence-electron chi connectivity index (χ1n) is 4.04. The topological polar surface area (TPSA) is 0 Å². The zero-order chi connectivity index (χ0) is 9.84. The van der Waals surface area contributed by atoms with E-state index in [1.54, 1.807) is 6.07 Å². The van der Waals surface area contributed by atoms with Crippen molar-refractivity contribution in [2.24, 2.45) is 0 Å². The quantitative estimate of drug-likeness (QED) is 0.592. The van der Waals surface area contributed by atoms with Gasteiger partial charge in [-0.05, 0) is 31.5 Å². The van der Waals surface area contributed by atoms with E-state index >= 15 is 0 Å². The largest absolute Gasteiger partial charge is 0.115 e. The SMILES string of the molecule is C#Cc1cc(Cl)ccc1C=C(C)C. The molecule has 1 aromatic carbocycles. The molecule has 0 heterocycles. The fourth-order valence-corrected chi connectivity index (χ4v) is 1.26. The minimum atomic E-state index is 0.679. The predicted molar refractivity (Wildman–Crippen MR) is 58.7 cm³/mol. The highest BCUT2D eigenvalue weighted by Crippen LogP contribution is 2.17. The van der Waals surface area contributed by atoms with Crippen LogP contribution in [0.25, 0.3) is 6.08 Å². The van der Waals surface area contributed by atoms with Crippen LogP contribution in [0, 0.1) is 12.3 Å². The fourth-order valence-electron chi connectivity index (χ4n) is 1.09. The summed E-state index contributed by atoms with van der Waals surface area (Å²) in [5.41, 5.74) is 3.11. The van der Waals surface area contributed by atoms with Gasteiger partial charge >= 0.3 is 0 Å². The molecule has 1 heteroatoms. The van der Waals surface area contributed by atoms with E-state index in [0.717, 1.165) is 11.1 Å². The summed E-state index contributed by atoms with van der Waals surface area (Å²) < 4.78 is 0. The van der Waals surface area contributed by atoms with Gasteiger partial charge in [-0.25, -0.2) is 0 Å². The third-order valence-electron chi connectivity index (χ3n) is 1.62. The lowest BCUT2D eigenvalue weighted by atomic mass is 10.1. The third kappa shape index (κ3) is 2.65. The van der Waals surface area contributed by atoms with Gasteiger partial charge in [0.2, 0.25) is 0 Å². The molecule has 0 bridgehead atoms. The Bertz CT molecular complexity index is 377. The summed E-state index contributed by atoms with van der Waals surface area (Å²) in [5, 5.41) is 0.679. The van der Waals surface area contributed by atoms with Crippen molar-refractivity contribution in [1.29, 1.82) is 0 Å². The van der Waals surface area contributed by atoms with Crippen molar-refractivity contribution in [3.8, 4) is 12.3 Å². The lowest BCUT2D eigenvalue weighted by molar-refractivity contribution is 1.42. The minimum absolute atomic E-state index is 0.679. The van der Waals surface area contributed by atoms with E-state index in [-0.39, 0.29) is 0 Å². The molecule has 0 aliphatic carbocycles. The van der Waals surface area contributed by atoms with Crippen LogP contribution in [0.5, 0.6) is 0 Å². The molecule has 0 unspecified atom stereocenters. The van der Waals surface area contributed by atoms with Crippen molar-refractivity contribution < 1.29 is 0 Å². The van der Waals surface area contributed by atoms with Gasteiger partial charge in [0.25, 0.3) is 0 Å². The molecule has 0 saturated heterocycles. The van der Waals surface area contributed by atoms with Crippen molar-refractivity contribution >= 4 is 17.7 Å². The standard InChI is InChI=1S/C12H11Cl/c1-4-10-8-12(13)6-5-11(10)7-9(2)3/h1,5-8H,2-3H3. The number of halogens is 1. The smallest absolute Gasteiger partial charge is 0.0418 e. The second-order valence-electron chi connectivity index (χ2n) is 3.10. The van der Waals surface area contributed by atoms with E-state index in [1.807, 2.05) is 32.1 Å². The Hall–Kier alpha value is -1.19. The number of hydrogen-bond donors (Lipinski definition) is 0. The molecule has 0 aromatic heterocycles. The van der Waals surface area contributed by atoms with Crippen LogP contribution in [-0.4, -0.2) is 0 Å². The average Bonchev–Trinajstić information content (AvgIpc) is 2.07. The molecule has 0 radical (unpaired) electrons. The van der Waals surface area contributed by atoms with E-state index < -0.39 is 0 Å². The lowest BCUT2D eigenvalue weighted by Gasteiger charge is -2.00. The van der Waals surface area contributed by atoms with Gasteiger partial charge in [0, 0.05) is 10.6 Å². The Balaban J connectivity index is 3.24. The maximum Gasteiger partial charge on any atom is 0.0418 e. The van der Waals surface area contributed by atoms with Crippen LogP contribution in [-0.2, 0) is 0 Å². The Morgan fingerprint density at radius 2 is 2.15 bits per heavy atom. The Labute approximate surface area is 84.2 Å². The van der Waals surface area contributed by atoms with Gasteiger partial charge in [0.15, 0.2) is 0 Å². The normalized spacial score (nSPS) is 9.08. The van der Waals surface area contributed by atoms with E-state index in [1.165, 1.54) is 5.57 Å². The molecule has 0 saturated carbocycles. The van der Waals surface area contributed by atoms with Crippen LogP contribution in [0.1, 0.15) is 25.0 Å². The molecular formula is C12H11Cl. The molecule has 0 aliphatic heterocycles. The number of allylic oxidation sites excluding steroid dienone is 1. The maximum atomic E-state index is 5.82. The molecular weight excluding hydrogens is 180 g/mol. The first-order valence-corrected chi connectivity index (χ1v) is 4.42. The molecule has 66 valence electrons. The minimum Gasteiger partial charge on any atom is -0.115 e. The summed E-state index contributed by atoms with van der Waals surface area (Å²) in [7, 11) is 0. The second kappa shape index (κ2) is 4.16. The maximum absolute atomic E-state index is 5.82. The zero-order valence-electron chi connectivity index (χ0n) is 7.76. The Morgan fingerprint density at radius 1 is 1.46 bits per heavy atom. The van der Waals surface area contributed by atoms with Gasteiger partial charge in [0.05, 0.1) is 0 Å². The molecule has 0 spiro atoms. The first-order chi connectivity index (χ1) is 6.13. The van der Waals surface area contributed by atoms with Gasteiger partial charge < -0.3 is 0 Å². The Morgan fingerprint density at radius 3 is 2.69 bits per heavy atom. The summed E-state index contributed by atoms with van der Waals surface area (Å²) in [6, 6.07) is 5.58. The number of terminal acetylenes is 1. The van der Waals surface area contributed by atoms with Crippen LogP contribution in [0.2, 0.25) is 5.02 Å². The molecule has 0 aliphatic rings. The molecule has 1 rings (SSSR count).